The summed E-state index contributed by atoms with van der Waals surface area (Å²) in [6.45, 7) is 2.43. The number of carbonyl (C=O) groups excluding carboxylic acids is 1. The van der Waals surface area contributed by atoms with Gasteiger partial charge in [0.2, 0.25) is 0 Å². The van der Waals surface area contributed by atoms with Gasteiger partial charge in [-0.15, -0.1) is 11.3 Å². The van der Waals surface area contributed by atoms with E-state index in [0.29, 0.717) is 27.2 Å². The van der Waals surface area contributed by atoms with Crippen LogP contribution < -0.4 is 10.1 Å². The van der Waals surface area contributed by atoms with Crippen molar-refractivity contribution < 1.29 is 9.53 Å². The normalized spacial score (nSPS) is 10.5. The Balaban J connectivity index is 1.63. The van der Waals surface area contributed by atoms with Gasteiger partial charge in [-0.05, 0) is 54.3 Å². The monoisotopic (exact) mass is 391 g/mol. The van der Waals surface area contributed by atoms with Crippen molar-refractivity contribution in [2.45, 2.75) is 13.5 Å². The van der Waals surface area contributed by atoms with Crippen LogP contribution in [0.15, 0.2) is 53.9 Å². The van der Waals surface area contributed by atoms with Crippen LogP contribution in [0.3, 0.4) is 0 Å². The number of anilines is 1. The number of hydrogen-bond acceptors (Lipinski definition) is 3. The Morgan fingerprint density at radius 3 is 2.76 bits per heavy atom. The van der Waals surface area contributed by atoms with E-state index >= 15 is 0 Å². The third-order valence-electron chi connectivity index (χ3n) is 3.45. The van der Waals surface area contributed by atoms with Crippen molar-refractivity contribution in [3.63, 3.8) is 0 Å². The van der Waals surface area contributed by atoms with Crippen molar-refractivity contribution >= 4 is 46.1 Å². The van der Waals surface area contributed by atoms with E-state index in [1.807, 2.05) is 42.6 Å². The fourth-order valence-electron chi connectivity index (χ4n) is 2.22. The summed E-state index contributed by atoms with van der Waals surface area (Å²) < 4.78 is 5.76. The second kappa shape index (κ2) is 7.91. The summed E-state index contributed by atoms with van der Waals surface area (Å²) in [5.41, 5.74) is 2.61. The predicted octanol–water partition coefficient (Wildman–Crippen LogP) is 6.19. The summed E-state index contributed by atoms with van der Waals surface area (Å²) in [5, 5.41) is 5.63. The second-order valence-corrected chi connectivity index (χ2v) is 7.26. The van der Waals surface area contributed by atoms with E-state index < -0.39 is 0 Å². The van der Waals surface area contributed by atoms with Gasteiger partial charge in [-0.2, -0.15) is 0 Å². The number of aryl methyl sites for hydroxylation is 1. The molecule has 1 N–H and O–H groups in total. The van der Waals surface area contributed by atoms with Gasteiger partial charge in [0.1, 0.15) is 12.4 Å². The molecule has 0 bridgehead atoms. The Labute approximate surface area is 160 Å². The van der Waals surface area contributed by atoms with Gasteiger partial charge in [-0.1, -0.05) is 35.3 Å². The highest BCUT2D eigenvalue weighted by Crippen LogP contribution is 2.27. The minimum atomic E-state index is -0.212. The molecule has 128 valence electrons. The molecule has 0 aliphatic rings. The molecule has 2 aromatic carbocycles. The molecule has 1 aromatic heterocycles. The zero-order chi connectivity index (χ0) is 17.8. The predicted molar refractivity (Wildman–Crippen MR) is 104 cm³/mol. The highest BCUT2D eigenvalue weighted by molar-refractivity contribution is 7.12. The number of rotatable bonds is 5. The fourth-order valence-corrected chi connectivity index (χ4v) is 3.46. The molecule has 3 aromatic rings. The topological polar surface area (TPSA) is 38.3 Å². The maximum atomic E-state index is 12.4. The lowest BCUT2D eigenvalue weighted by atomic mass is 10.2. The number of carbonyl (C=O) groups is 1. The molecule has 6 heteroatoms. The number of halogens is 2. The molecular formula is C19H15Cl2NO2S. The van der Waals surface area contributed by atoms with Crippen LogP contribution >= 0.6 is 34.5 Å². The Kier molecular flexibility index (Phi) is 5.63. The van der Waals surface area contributed by atoms with E-state index in [0.717, 1.165) is 16.9 Å². The molecule has 0 radical (unpaired) electrons. The molecule has 0 aliphatic heterocycles. The van der Waals surface area contributed by atoms with E-state index in [2.05, 4.69) is 5.32 Å². The van der Waals surface area contributed by atoms with Gasteiger partial charge in [-0.25, -0.2) is 0 Å². The lowest BCUT2D eigenvalue weighted by Crippen LogP contribution is -2.10. The zero-order valence-corrected chi connectivity index (χ0v) is 15.7. The zero-order valence-electron chi connectivity index (χ0n) is 13.4. The van der Waals surface area contributed by atoms with Gasteiger partial charge >= 0.3 is 0 Å². The van der Waals surface area contributed by atoms with Gasteiger partial charge in [0, 0.05) is 10.6 Å². The molecule has 1 heterocycles. The van der Waals surface area contributed by atoms with Crippen LogP contribution in [0.2, 0.25) is 10.0 Å². The third kappa shape index (κ3) is 4.75. The van der Waals surface area contributed by atoms with Gasteiger partial charge in [-0.3, -0.25) is 4.79 Å². The summed E-state index contributed by atoms with van der Waals surface area (Å²) in [4.78, 5) is 12.9. The van der Waals surface area contributed by atoms with Crippen LogP contribution in [0.25, 0.3) is 0 Å². The van der Waals surface area contributed by atoms with E-state index in [4.69, 9.17) is 27.9 Å². The number of nitrogens with one attached hydrogen (secondary N) is 1. The van der Waals surface area contributed by atoms with E-state index in [1.165, 1.54) is 11.3 Å². The standard InChI is InChI=1S/C19H15Cl2NO2S/c1-12-3-2-4-15(7-12)24-10-13-8-18(25-11-13)19(23)22-17-6-5-14(20)9-16(17)21/h2-9,11H,10H2,1H3,(H,22,23). The average molecular weight is 392 g/mol. The summed E-state index contributed by atoms with van der Waals surface area (Å²) in [7, 11) is 0. The van der Waals surface area contributed by atoms with E-state index in [1.54, 1.807) is 18.2 Å². The Morgan fingerprint density at radius 1 is 1.16 bits per heavy atom. The van der Waals surface area contributed by atoms with E-state index in [9.17, 15) is 4.79 Å². The molecule has 0 unspecified atom stereocenters. The van der Waals surface area contributed by atoms with Crippen molar-refractivity contribution in [1.29, 1.82) is 0 Å². The summed E-state index contributed by atoms with van der Waals surface area (Å²) in [5.74, 6) is 0.598. The van der Waals surface area contributed by atoms with Crippen molar-refractivity contribution in [1.82, 2.24) is 0 Å². The Bertz CT molecular complexity index is 908. The minimum Gasteiger partial charge on any atom is -0.489 e. The van der Waals surface area contributed by atoms with E-state index in [-0.39, 0.29) is 5.91 Å². The van der Waals surface area contributed by atoms with Crippen LogP contribution in [0.1, 0.15) is 20.8 Å². The molecule has 0 saturated heterocycles. The first-order chi connectivity index (χ1) is 12.0. The molecule has 0 spiro atoms. The Hall–Kier alpha value is -2.01. The molecule has 1 amide bonds. The fraction of sp³-hybridized carbons (Fsp3) is 0.105. The molecule has 0 atom stereocenters. The first-order valence-electron chi connectivity index (χ1n) is 7.54. The molecule has 25 heavy (non-hydrogen) atoms. The SMILES string of the molecule is Cc1cccc(OCc2csc(C(=O)Nc3ccc(Cl)cc3Cl)c2)c1. The average Bonchev–Trinajstić information content (AvgIpc) is 3.05. The number of hydrogen-bond donors (Lipinski definition) is 1. The van der Waals surface area contributed by atoms with Gasteiger partial charge in [0.25, 0.3) is 5.91 Å². The molecular weight excluding hydrogens is 377 g/mol. The largest absolute Gasteiger partial charge is 0.489 e. The van der Waals surface area contributed by atoms with Crippen LogP contribution in [0.4, 0.5) is 5.69 Å². The van der Waals surface area contributed by atoms with Gasteiger partial charge in [0.05, 0.1) is 15.6 Å². The Morgan fingerprint density at radius 2 is 2.00 bits per heavy atom. The molecule has 3 nitrogen and oxygen atoms in total. The molecule has 0 fully saturated rings. The lowest BCUT2D eigenvalue weighted by molar-refractivity contribution is 0.103. The minimum absolute atomic E-state index is 0.212. The molecule has 3 rings (SSSR count). The number of amides is 1. The number of ether oxygens (including phenoxy) is 1. The van der Waals surface area contributed by atoms with Crippen molar-refractivity contribution in [2.75, 3.05) is 5.32 Å². The summed E-state index contributed by atoms with van der Waals surface area (Å²) >= 11 is 13.3. The van der Waals surface area contributed by atoms with Crippen LogP contribution in [-0.4, -0.2) is 5.91 Å². The van der Waals surface area contributed by atoms with Gasteiger partial charge in [0.15, 0.2) is 0 Å². The lowest BCUT2D eigenvalue weighted by Gasteiger charge is -2.06. The number of thiophene rings is 1. The highest BCUT2D eigenvalue weighted by Gasteiger charge is 2.12. The van der Waals surface area contributed by atoms with Crippen LogP contribution in [0, 0.1) is 6.92 Å². The van der Waals surface area contributed by atoms with Crippen molar-refractivity contribution in [3.8, 4) is 5.75 Å². The third-order valence-corrected chi connectivity index (χ3v) is 4.98. The molecule has 0 aliphatic carbocycles. The van der Waals surface area contributed by atoms with Gasteiger partial charge < -0.3 is 10.1 Å². The quantitative estimate of drug-likeness (QED) is 0.562. The smallest absolute Gasteiger partial charge is 0.265 e. The first kappa shape index (κ1) is 17.8. The summed E-state index contributed by atoms with van der Waals surface area (Å²) in [6, 6.07) is 14.6. The highest BCUT2D eigenvalue weighted by atomic mass is 35.5. The second-order valence-electron chi connectivity index (χ2n) is 5.50. The van der Waals surface area contributed by atoms with Crippen molar-refractivity contribution in [3.05, 3.63) is 80.0 Å². The maximum absolute atomic E-state index is 12.4. The van der Waals surface area contributed by atoms with Crippen LogP contribution in [0.5, 0.6) is 5.75 Å². The number of benzene rings is 2. The maximum Gasteiger partial charge on any atom is 0.265 e. The van der Waals surface area contributed by atoms with Crippen molar-refractivity contribution in [2.24, 2.45) is 0 Å². The first-order valence-corrected chi connectivity index (χ1v) is 9.18. The summed E-state index contributed by atoms with van der Waals surface area (Å²) in [6.07, 6.45) is 0. The van der Waals surface area contributed by atoms with Crippen LogP contribution in [-0.2, 0) is 6.61 Å². The molecule has 0 saturated carbocycles.